The third kappa shape index (κ3) is 13.7. The maximum absolute atomic E-state index is 13.2. The lowest BCUT2D eigenvalue weighted by Crippen LogP contribution is -2.40. The van der Waals surface area contributed by atoms with Crippen molar-refractivity contribution in [1.29, 1.82) is 0 Å². The third-order valence-electron chi connectivity index (χ3n) is 8.91. The van der Waals surface area contributed by atoms with Gasteiger partial charge in [-0.2, -0.15) is 0 Å². The molecule has 0 aliphatic carbocycles. The standard InChI is InChI=1S/C38H57NO9/c1-10-46-37(43)21-30-15-12-16-36(42)48-35(22-33(41)27(5)34(44-8)18-17-25(3)32(40)20-30)28(6)38(45-9)26(4)14-11-13-24(2)19-31-23-47-29(7)39-31/h11-14,16-19,23,25,27-28,30,32-35,38,40-41H,10,15,20-22H2,1-9H3/b13-11+,16-12+,18-17+,24-19+,26-14+/t25-,27+,28+,30-,32-,33+,34-,35?,38+/m1/s1. The van der Waals surface area contributed by atoms with E-state index in [-0.39, 0.29) is 49.1 Å². The highest BCUT2D eigenvalue weighted by Gasteiger charge is 2.34. The van der Waals surface area contributed by atoms with E-state index in [1.807, 2.05) is 71.1 Å². The first kappa shape index (κ1) is 40.9. The van der Waals surface area contributed by atoms with E-state index in [1.165, 1.54) is 6.08 Å². The van der Waals surface area contributed by atoms with Gasteiger partial charge in [0.25, 0.3) is 0 Å². The maximum Gasteiger partial charge on any atom is 0.330 e. The molecule has 0 aromatic carbocycles. The van der Waals surface area contributed by atoms with Crippen molar-refractivity contribution in [3.63, 3.8) is 0 Å². The molecule has 1 aliphatic rings. The molecule has 268 valence electrons. The Bertz CT molecular complexity index is 1290. The fraction of sp³-hybridized carbons (Fsp3) is 0.605. The molecule has 1 aromatic heterocycles. The van der Waals surface area contributed by atoms with Gasteiger partial charge < -0.3 is 33.6 Å². The highest BCUT2D eigenvalue weighted by molar-refractivity contribution is 5.82. The molecule has 0 spiro atoms. The number of carbonyl (C=O) groups is 2. The van der Waals surface area contributed by atoms with Crippen LogP contribution < -0.4 is 0 Å². The predicted molar refractivity (Wildman–Crippen MR) is 186 cm³/mol. The van der Waals surface area contributed by atoms with E-state index >= 15 is 0 Å². The molecule has 10 heteroatoms. The van der Waals surface area contributed by atoms with Crippen LogP contribution in [0.15, 0.2) is 64.4 Å². The Morgan fingerprint density at radius 3 is 2.50 bits per heavy atom. The van der Waals surface area contributed by atoms with Crippen LogP contribution in [0, 0.1) is 30.6 Å². The van der Waals surface area contributed by atoms with Gasteiger partial charge in [-0.05, 0) is 56.8 Å². The molecule has 0 saturated carbocycles. The van der Waals surface area contributed by atoms with Crippen LogP contribution in [-0.4, -0.2) is 78.5 Å². The summed E-state index contributed by atoms with van der Waals surface area (Å²) in [6.07, 6.45) is 14.0. The zero-order valence-electron chi connectivity index (χ0n) is 30.1. The van der Waals surface area contributed by atoms with Gasteiger partial charge in [0.15, 0.2) is 5.89 Å². The molecule has 0 radical (unpaired) electrons. The Balaban J connectivity index is 2.36. The van der Waals surface area contributed by atoms with Gasteiger partial charge in [0.2, 0.25) is 0 Å². The summed E-state index contributed by atoms with van der Waals surface area (Å²) in [7, 11) is 3.19. The number of methoxy groups -OCH3 is 2. The second-order valence-electron chi connectivity index (χ2n) is 12.9. The molecule has 9 atom stereocenters. The van der Waals surface area contributed by atoms with E-state index in [0.29, 0.717) is 18.7 Å². The zero-order valence-corrected chi connectivity index (χ0v) is 30.1. The zero-order chi connectivity index (χ0) is 35.8. The number of ether oxygens (including phenoxy) is 4. The first-order chi connectivity index (χ1) is 22.8. The average molecular weight is 672 g/mol. The number of oxazole rings is 1. The van der Waals surface area contributed by atoms with E-state index in [9.17, 15) is 19.8 Å². The van der Waals surface area contributed by atoms with Crippen LogP contribution in [-0.2, 0) is 28.5 Å². The number of hydrogen-bond donors (Lipinski definition) is 2. The molecular formula is C38H57NO9. The van der Waals surface area contributed by atoms with Gasteiger partial charge in [0.1, 0.15) is 18.1 Å². The van der Waals surface area contributed by atoms with Crippen molar-refractivity contribution in [1.82, 2.24) is 4.98 Å². The molecule has 0 bridgehead atoms. The Hall–Kier alpha value is -3.31. The lowest BCUT2D eigenvalue weighted by atomic mass is 9.85. The number of allylic oxidation sites excluding steroid dienone is 5. The van der Waals surface area contributed by atoms with Gasteiger partial charge >= 0.3 is 11.9 Å². The fourth-order valence-electron chi connectivity index (χ4n) is 5.93. The van der Waals surface area contributed by atoms with E-state index in [1.54, 1.807) is 40.4 Å². The molecule has 1 aromatic rings. The molecule has 2 heterocycles. The second-order valence-corrected chi connectivity index (χ2v) is 12.9. The highest BCUT2D eigenvalue weighted by atomic mass is 16.5. The molecule has 0 fully saturated rings. The summed E-state index contributed by atoms with van der Waals surface area (Å²) >= 11 is 0. The number of aliphatic hydroxyl groups excluding tert-OH is 2. The van der Waals surface area contributed by atoms with Gasteiger partial charge in [-0.1, -0.05) is 57.2 Å². The summed E-state index contributed by atoms with van der Waals surface area (Å²) in [6.45, 7) is 13.5. The van der Waals surface area contributed by atoms with Crippen molar-refractivity contribution in [2.45, 2.75) is 105 Å². The lowest BCUT2D eigenvalue weighted by molar-refractivity contribution is -0.150. The van der Waals surface area contributed by atoms with Crippen LogP contribution in [0.2, 0.25) is 0 Å². The van der Waals surface area contributed by atoms with Crippen molar-refractivity contribution in [2.75, 3.05) is 20.8 Å². The van der Waals surface area contributed by atoms with Crippen LogP contribution in [0.5, 0.6) is 0 Å². The number of nitrogens with zero attached hydrogens (tertiary/aromatic N) is 1. The van der Waals surface area contributed by atoms with Gasteiger partial charge in [-0.25, -0.2) is 9.78 Å². The summed E-state index contributed by atoms with van der Waals surface area (Å²) in [5.74, 6) is -1.46. The van der Waals surface area contributed by atoms with Gasteiger partial charge in [0.05, 0.1) is 31.0 Å². The van der Waals surface area contributed by atoms with Crippen molar-refractivity contribution in [3.8, 4) is 0 Å². The molecular weight excluding hydrogens is 614 g/mol. The van der Waals surface area contributed by atoms with Crippen molar-refractivity contribution in [2.24, 2.45) is 23.7 Å². The Morgan fingerprint density at radius 2 is 1.88 bits per heavy atom. The van der Waals surface area contributed by atoms with Crippen LogP contribution in [0.3, 0.4) is 0 Å². The smallest absolute Gasteiger partial charge is 0.330 e. The number of hydrogen-bond acceptors (Lipinski definition) is 10. The Morgan fingerprint density at radius 1 is 1.15 bits per heavy atom. The average Bonchev–Trinajstić information content (AvgIpc) is 3.44. The molecule has 1 aliphatic heterocycles. The van der Waals surface area contributed by atoms with E-state index in [0.717, 1.165) is 16.8 Å². The summed E-state index contributed by atoms with van der Waals surface area (Å²) < 4.78 is 28.1. The topological polar surface area (TPSA) is 138 Å². The van der Waals surface area contributed by atoms with Crippen molar-refractivity contribution in [3.05, 3.63) is 71.5 Å². The number of carbonyl (C=O) groups excluding carboxylic acids is 2. The number of esters is 2. The summed E-state index contributed by atoms with van der Waals surface area (Å²) in [5, 5.41) is 22.3. The minimum atomic E-state index is -0.874. The third-order valence-corrected chi connectivity index (χ3v) is 8.91. The number of aromatic nitrogens is 1. The van der Waals surface area contributed by atoms with Crippen LogP contribution in [0.25, 0.3) is 6.08 Å². The van der Waals surface area contributed by atoms with Crippen LogP contribution >= 0.6 is 0 Å². The molecule has 48 heavy (non-hydrogen) atoms. The van der Waals surface area contributed by atoms with E-state index in [4.69, 9.17) is 23.4 Å². The molecule has 0 amide bonds. The minimum absolute atomic E-state index is 0.120. The monoisotopic (exact) mass is 671 g/mol. The lowest BCUT2D eigenvalue weighted by Gasteiger charge is -2.34. The molecule has 2 rings (SSSR count). The van der Waals surface area contributed by atoms with Crippen molar-refractivity contribution >= 4 is 18.0 Å². The first-order valence-electron chi connectivity index (χ1n) is 16.9. The molecule has 2 N–H and O–H groups in total. The summed E-state index contributed by atoms with van der Waals surface area (Å²) in [4.78, 5) is 29.8. The molecule has 10 nitrogen and oxygen atoms in total. The normalized spacial score (nSPS) is 29.6. The minimum Gasteiger partial charge on any atom is -0.466 e. The van der Waals surface area contributed by atoms with Gasteiger partial charge in [0, 0.05) is 57.8 Å². The summed E-state index contributed by atoms with van der Waals surface area (Å²) in [5.41, 5.74) is 2.65. The Kier molecular flexibility index (Phi) is 17.8. The van der Waals surface area contributed by atoms with E-state index < -0.39 is 36.5 Å². The number of cyclic esters (lactones) is 1. The maximum atomic E-state index is 13.2. The number of rotatable bonds is 11. The Labute approximate surface area is 286 Å². The quantitative estimate of drug-likeness (QED) is 0.156. The SMILES string of the molecule is CCOC(=O)C[C@@H]1C/C=C/C(=O)OC([C@H](C)[C@@H](OC)/C(C)=C/C=C/C(C)=C/c2coc(C)n2)C[C@H](O)[C@H](C)[C@H](OC)/C=C/[C@@H](C)[C@H](O)C1. The van der Waals surface area contributed by atoms with E-state index in [2.05, 4.69) is 4.98 Å². The largest absolute Gasteiger partial charge is 0.466 e. The summed E-state index contributed by atoms with van der Waals surface area (Å²) in [6, 6.07) is 0. The number of aliphatic hydroxyl groups is 2. The number of aryl methyl sites for hydroxylation is 1. The van der Waals surface area contributed by atoms with Gasteiger partial charge in [-0.15, -0.1) is 0 Å². The van der Waals surface area contributed by atoms with Crippen LogP contribution in [0.1, 0.15) is 78.8 Å². The predicted octanol–water partition coefficient (Wildman–Crippen LogP) is 6.33. The fourth-order valence-corrected chi connectivity index (χ4v) is 5.93. The van der Waals surface area contributed by atoms with Crippen LogP contribution in [0.4, 0.5) is 0 Å². The van der Waals surface area contributed by atoms with Crippen molar-refractivity contribution < 1.29 is 43.2 Å². The highest BCUT2D eigenvalue weighted by Crippen LogP contribution is 2.29. The molecule has 1 unspecified atom stereocenters. The first-order valence-corrected chi connectivity index (χ1v) is 16.9. The molecule has 0 saturated heterocycles. The second kappa shape index (κ2) is 20.9. The van der Waals surface area contributed by atoms with Gasteiger partial charge in [-0.3, -0.25) is 4.79 Å².